The molecule has 3 aromatic rings. The third kappa shape index (κ3) is 2.22. The van der Waals surface area contributed by atoms with Gasteiger partial charge in [-0.15, -0.1) is 0 Å². The maximum absolute atomic E-state index is 11.5. The lowest BCUT2D eigenvalue weighted by atomic mass is 10.2. The highest BCUT2D eigenvalue weighted by molar-refractivity contribution is 6.04. The number of nitrogens with two attached hydrogens (primary N) is 1. The number of benzene rings is 1. The summed E-state index contributed by atoms with van der Waals surface area (Å²) in [5.41, 5.74) is 6.67. The average molecular weight is 285 g/mol. The molecule has 3 N–H and O–H groups in total. The molecule has 0 fully saturated rings. The van der Waals surface area contributed by atoms with Crippen LogP contribution in [0.3, 0.4) is 0 Å². The molecule has 0 saturated carbocycles. The summed E-state index contributed by atoms with van der Waals surface area (Å²) < 4.78 is 3.01. The zero-order chi connectivity index (χ0) is 15.0. The summed E-state index contributed by atoms with van der Waals surface area (Å²) in [6, 6.07) is 5.21. The van der Waals surface area contributed by atoms with Crippen molar-refractivity contribution in [2.45, 2.75) is 6.54 Å². The lowest BCUT2D eigenvalue weighted by molar-refractivity contribution is -0.137. The summed E-state index contributed by atoms with van der Waals surface area (Å²) >= 11 is 0. The van der Waals surface area contributed by atoms with Crippen LogP contribution in [0.25, 0.3) is 16.6 Å². The Morgan fingerprint density at radius 1 is 1.33 bits per heavy atom. The van der Waals surface area contributed by atoms with Gasteiger partial charge in [0.2, 0.25) is 0 Å². The molecule has 0 aliphatic carbocycles. The molecule has 3 rings (SSSR count). The van der Waals surface area contributed by atoms with E-state index in [4.69, 9.17) is 10.8 Å². The predicted molar refractivity (Wildman–Crippen MR) is 73.0 cm³/mol. The van der Waals surface area contributed by atoms with Gasteiger partial charge >= 0.3 is 5.97 Å². The van der Waals surface area contributed by atoms with Gasteiger partial charge in [-0.1, -0.05) is 0 Å². The minimum Gasteiger partial charge on any atom is -0.480 e. The number of rotatable bonds is 4. The minimum atomic E-state index is -1.05. The number of carboxylic acid groups (broad SMARTS) is 1. The van der Waals surface area contributed by atoms with Gasteiger partial charge in [0.25, 0.3) is 5.91 Å². The van der Waals surface area contributed by atoms with E-state index in [0.29, 0.717) is 10.9 Å². The summed E-state index contributed by atoms with van der Waals surface area (Å²) in [4.78, 5) is 26.3. The van der Waals surface area contributed by atoms with Gasteiger partial charge in [0.1, 0.15) is 6.54 Å². The van der Waals surface area contributed by atoms with Gasteiger partial charge in [0, 0.05) is 23.5 Å². The van der Waals surface area contributed by atoms with Crippen molar-refractivity contribution < 1.29 is 14.7 Å². The quantitative estimate of drug-likeness (QED) is 0.720. The van der Waals surface area contributed by atoms with E-state index in [0.717, 1.165) is 5.69 Å². The Morgan fingerprint density at radius 3 is 2.76 bits per heavy atom. The number of nitrogens with zero attached hydrogens (tertiary/aromatic N) is 4. The van der Waals surface area contributed by atoms with Crippen LogP contribution in [0.15, 0.2) is 36.9 Å². The Labute approximate surface area is 118 Å². The summed E-state index contributed by atoms with van der Waals surface area (Å²) in [6.45, 7) is -0.339. The third-order valence-electron chi connectivity index (χ3n) is 3.06. The van der Waals surface area contributed by atoms with Crippen LogP contribution in [0, 0.1) is 0 Å². The Kier molecular flexibility index (Phi) is 2.90. The number of carboxylic acids is 1. The van der Waals surface area contributed by atoms with Gasteiger partial charge in [0.15, 0.2) is 5.69 Å². The highest BCUT2D eigenvalue weighted by Gasteiger charge is 2.17. The molecule has 0 unspecified atom stereocenters. The molecule has 0 aliphatic heterocycles. The molecule has 0 spiro atoms. The molecule has 0 bridgehead atoms. The first-order chi connectivity index (χ1) is 10.1. The first kappa shape index (κ1) is 12.9. The predicted octanol–water partition coefficient (Wildman–Crippen LogP) is 0.405. The zero-order valence-corrected chi connectivity index (χ0v) is 10.8. The van der Waals surface area contributed by atoms with Crippen LogP contribution in [0.4, 0.5) is 0 Å². The Hall–Kier alpha value is -3.16. The van der Waals surface area contributed by atoms with Crippen LogP contribution in [-0.4, -0.2) is 36.3 Å². The molecule has 2 aromatic heterocycles. The minimum absolute atomic E-state index is 0.0493. The number of aliphatic carboxylic acids is 1. The Balaban J connectivity index is 2.21. The number of imidazole rings is 1. The number of primary amides is 1. The van der Waals surface area contributed by atoms with E-state index in [1.54, 1.807) is 41.5 Å². The lowest BCUT2D eigenvalue weighted by Gasteiger charge is -2.03. The van der Waals surface area contributed by atoms with Crippen LogP contribution >= 0.6 is 0 Å². The van der Waals surface area contributed by atoms with Crippen LogP contribution in [0.5, 0.6) is 0 Å². The highest BCUT2D eigenvalue weighted by Crippen LogP contribution is 2.22. The van der Waals surface area contributed by atoms with Crippen molar-refractivity contribution in [2.24, 2.45) is 5.73 Å². The van der Waals surface area contributed by atoms with Crippen LogP contribution in [0.2, 0.25) is 0 Å². The van der Waals surface area contributed by atoms with Gasteiger partial charge < -0.3 is 15.4 Å². The van der Waals surface area contributed by atoms with Crippen LogP contribution in [0.1, 0.15) is 10.5 Å². The van der Waals surface area contributed by atoms with E-state index < -0.39 is 11.9 Å². The van der Waals surface area contributed by atoms with Crippen molar-refractivity contribution in [3.05, 3.63) is 42.6 Å². The number of aromatic nitrogens is 4. The summed E-state index contributed by atoms with van der Waals surface area (Å²) in [5.74, 6) is -1.75. The second kappa shape index (κ2) is 4.75. The van der Waals surface area contributed by atoms with Crippen LogP contribution < -0.4 is 5.73 Å². The average Bonchev–Trinajstić information content (AvgIpc) is 3.05. The summed E-state index contributed by atoms with van der Waals surface area (Å²) in [5, 5.41) is 13.4. The molecule has 1 aromatic carbocycles. The molecule has 0 saturated heterocycles. The van der Waals surface area contributed by atoms with E-state index >= 15 is 0 Å². The van der Waals surface area contributed by atoms with Gasteiger partial charge in [-0.05, 0) is 18.2 Å². The monoisotopic (exact) mass is 285 g/mol. The first-order valence-electron chi connectivity index (χ1n) is 6.07. The standard InChI is InChI=1S/C13H11N5O3/c14-13(21)12-9-5-8(17-4-3-15-7-17)1-2-10(9)18(16-12)6-11(19)20/h1-5,7H,6H2,(H2,14,21)(H,19,20). The number of hydrogen-bond acceptors (Lipinski definition) is 4. The third-order valence-corrected chi connectivity index (χ3v) is 3.06. The zero-order valence-electron chi connectivity index (χ0n) is 10.8. The molecule has 0 radical (unpaired) electrons. The summed E-state index contributed by atoms with van der Waals surface area (Å²) in [7, 11) is 0. The van der Waals surface area contributed by atoms with E-state index in [2.05, 4.69) is 10.1 Å². The summed E-state index contributed by atoms with van der Waals surface area (Å²) in [6.07, 6.45) is 5.01. The van der Waals surface area contributed by atoms with E-state index in [1.807, 2.05) is 0 Å². The molecule has 0 aliphatic rings. The Bertz CT molecular complexity index is 835. The number of hydrogen-bond donors (Lipinski definition) is 2. The topological polar surface area (TPSA) is 116 Å². The van der Waals surface area contributed by atoms with Crippen LogP contribution in [-0.2, 0) is 11.3 Å². The van der Waals surface area contributed by atoms with Crippen molar-refractivity contribution in [1.29, 1.82) is 0 Å². The van der Waals surface area contributed by atoms with Gasteiger partial charge in [-0.25, -0.2) is 4.98 Å². The van der Waals surface area contributed by atoms with Gasteiger partial charge in [-0.2, -0.15) is 5.10 Å². The molecule has 106 valence electrons. The second-order valence-corrected chi connectivity index (χ2v) is 4.44. The molecular weight excluding hydrogens is 274 g/mol. The van der Waals surface area contributed by atoms with E-state index in [1.165, 1.54) is 4.68 Å². The lowest BCUT2D eigenvalue weighted by Crippen LogP contribution is -2.14. The fourth-order valence-corrected chi connectivity index (χ4v) is 2.17. The molecule has 2 heterocycles. The van der Waals surface area contributed by atoms with E-state index in [-0.39, 0.29) is 12.2 Å². The van der Waals surface area contributed by atoms with Crippen molar-refractivity contribution in [2.75, 3.05) is 0 Å². The van der Waals surface area contributed by atoms with Gasteiger partial charge in [0.05, 0.1) is 11.8 Å². The van der Waals surface area contributed by atoms with Crippen molar-refractivity contribution in [1.82, 2.24) is 19.3 Å². The normalized spacial score (nSPS) is 10.9. The maximum Gasteiger partial charge on any atom is 0.325 e. The molecule has 8 nitrogen and oxygen atoms in total. The highest BCUT2D eigenvalue weighted by atomic mass is 16.4. The van der Waals surface area contributed by atoms with Gasteiger partial charge in [-0.3, -0.25) is 14.3 Å². The fraction of sp³-hybridized carbons (Fsp3) is 0.0769. The number of fused-ring (bicyclic) bond motifs is 1. The molecular formula is C13H11N5O3. The molecule has 8 heteroatoms. The van der Waals surface area contributed by atoms with Crippen molar-refractivity contribution in [3.8, 4) is 5.69 Å². The molecule has 0 atom stereocenters. The first-order valence-corrected chi connectivity index (χ1v) is 6.07. The molecule has 1 amide bonds. The van der Waals surface area contributed by atoms with Crippen molar-refractivity contribution >= 4 is 22.8 Å². The number of amides is 1. The fourth-order valence-electron chi connectivity index (χ4n) is 2.17. The second-order valence-electron chi connectivity index (χ2n) is 4.44. The molecule has 21 heavy (non-hydrogen) atoms. The number of carbonyl (C=O) groups is 2. The SMILES string of the molecule is NC(=O)c1nn(CC(=O)O)c2ccc(-n3ccnc3)cc12. The number of carbonyl (C=O) groups excluding carboxylic acids is 1. The Morgan fingerprint density at radius 2 is 2.14 bits per heavy atom. The maximum atomic E-state index is 11.5. The largest absolute Gasteiger partial charge is 0.480 e. The van der Waals surface area contributed by atoms with E-state index in [9.17, 15) is 9.59 Å². The smallest absolute Gasteiger partial charge is 0.325 e. The van der Waals surface area contributed by atoms with Crippen molar-refractivity contribution in [3.63, 3.8) is 0 Å².